The molecule has 0 aromatic heterocycles. The topological polar surface area (TPSA) is 75.6 Å². The Bertz CT molecular complexity index is 265. The van der Waals surface area contributed by atoms with Gasteiger partial charge in [0.15, 0.2) is 0 Å². The van der Waals surface area contributed by atoms with Crippen molar-refractivity contribution >= 4 is 11.9 Å². The molecule has 0 aromatic rings. The van der Waals surface area contributed by atoms with Crippen LogP contribution in [-0.4, -0.2) is 36.2 Å². The van der Waals surface area contributed by atoms with Crippen molar-refractivity contribution < 1.29 is 19.4 Å². The zero-order chi connectivity index (χ0) is 12.1. The lowest BCUT2D eigenvalue weighted by atomic mass is 9.88. The van der Waals surface area contributed by atoms with E-state index in [1.807, 2.05) is 0 Å². The smallest absolute Gasteiger partial charge is 0.303 e. The third-order valence-electron chi connectivity index (χ3n) is 2.92. The summed E-state index contributed by atoms with van der Waals surface area (Å²) in [5.41, 5.74) is 0. The summed E-state index contributed by atoms with van der Waals surface area (Å²) in [7, 11) is 1.63. The standard InChI is InChI=1S/C11H19NO4/c1-7(6-11(14)15)5-10(13)12-8-3-4-9(8)16-2/h7-9H,3-6H2,1-2H3,(H,12,13)(H,14,15). The van der Waals surface area contributed by atoms with E-state index >= 15 is 0 Å². The highest BCUT2D eigenvalue weighted by molar-refractivity contribution is 5.77. The molecule has 1 aliphatic carbocycles. The summed E-state index contributed by atoms with van der Waals surface area (Å²) >= 11 is 0. The second kappa shape index (κ2) is 5.84. The van der Waals surface area contributed by atoms with Crippen LogP contribution in [0.25, 0.3) is 0 Å². The van der Waals surface area contributed by atoms with Crippen molar-refractivity contribution in [2.24, 2.45) is 5.92 Å². The first-order valence-corrected chi connectivity index (χ1v) is 5.57. The molecule has 92 valence electrons. The lowest BCUT2D eigenvalue weighted by Crippen LogP contribution is -2.51. The monoisotopic (exact) mass is 229 g/mol. The summed E-state index contributed by atoms with van der Waals surface area (Å²) in [6.45, 7) is 1.77. The van der Waals surface area contributed by atoms with Gasteiger partial charge in [-0.25, -0.2) is 0 Å². The zero-order valence-corrected chi connectivity index (χ0v) is 9.73. The van der Waals surface area contributed by atoms with Crippen LogP contribution in [0.15, 0.2) is 0 Å². The molecule has 1 fully saturated rings. The maximum atomic E-state index is 11.5. The predicted octanol–water partition coefficient (Wildman–Crippen LogP) is 0.781. The summed E-state index contributed by atoms with van der Waals surface area (Å²) < 4.78 is 5.16. The van der Waals surface area contributed by atoms with Gasteiger partial charge in [0.25, 0.3) is 0 Å². The first kappa shape index (κ1) is 13.0. The number of aliphatic carboxylic acids is 1. The average molecular weight is 229 g/mol. The molecule has 5 nitrogen and oxygen atoms in total. The van der Waals surface area contributed by atoms with E-state index in [2.05, 4.69) is 5.32 Å². The molecule has 0 aliphatic heterocycles. The van der Waals surface area contributed by atoms with Gasteiger partial charge >= 0.3 is 5.97 Å². The minimum Gasteiger partial charge on any atom is -0.481 e. The fourth-order valence-corrected chi connectivity index (χ4v) is 1.87. The number of carboxylic acids is 1. The molecule has 3 unspecified atom stereocenters. The van der Waals surface area contributed by atoms with E-state index in [-0.39, 0.29) is 36.8 Å². The third-order valence-corrected chi connectivity index (χ3v) is 2.92. The SMILES string of the molecule is COC1CCC1NC(=O)CC(C)CC(=O)O. The molecular weight excluding hydrogens is 210 g/mol. The minimum atomic E-state index is -0.862. The molecule has 16 heavy (non-hydrogen) atoms. The molecule has 1 saturated carbocycles. The minimum absolute atomic E-state index is 0.0335. The molecule has 5 heteroatoms. The van der Waals surface area contributed by atoms with Crippen LogP contribution in [-0.2, 0) is 14.3 Å². The maximum Gasteiger partial charge on any atom is 0.303 e. The van der Waals surface area contributed by atoms with Crippen molar-refractivity contribution in [3.8, 4) is 0 Å². The Labute approximate surface area is 95.2 Å². The summed E-state index contributed by atoms with van der Waals surface area (Å²) in [5.74, 6) is -1.07. The van der Waals surface area contributed by atoms with Gasteiger partial charge in [0.05, 0.1) is 12.1 Å². The van der Waals surface area contributed by atoms with Crippen molar-refractivity contribution in [2.45, 2.75) is 44.8 Å². The average Bonchev–Trinajstić information content (AvgIpc) is 2.11. The molecule has 1 rings (SSSR count). The molecule has 0 aromatic carbocycles. The molecule has 0 saturated heterocycles. The van der Waals surface area contributed by atoms with E-state index in [4.69, 9.17) is 9.84 Å². The van der Waals surface area contributed by atoms with E-state index in [0.717, 1.165) is 12.8 Å². The fourth-order valence-electron chi connectivity index (χ4n) is 1.87. The van der Waals surface area contributed by atoms with Gasteiger partial charge in [0.1, 0.15) is 0 Å². The van der Waals surface area contributed by atoms with Crippen LogP contribution in [0.2, 0.25) is 0 Å². The maximum absolute atomic E-state index is 11.5. The first-order valence-electron chi connectivity index (χ1n) is 5.57. The number of amides is 1. The van der Waals surface area contributed by atoms with Crippen molar-refractivity contribution in [2.75, 3.05) is 7.11 Å². The molecule has 1 amide bonds. The zero-order valence-electron chi connectivity index (χ0n) is 9.73. The van der Waals surface area contributed by atoms with Gasteiger partial charge in [0.2, 0.25) is 5.91 Å². The number of carbonyl (C=O) groups is 2. The Morgan fingerprint density at radius 1 is 1.44 bits per heavy atom. The van der Waals surface area contributed by atoms with Crippen LogP contribution in [0.1, 0.15) is 32.6 Å². The fraction of sp³-hybridized carbons (Fsp3) is 0.818. The first-order chi connectivity index (χ1) is 7.52. The summed E-state index contributed by atoms with van der Waals surface area (Å²) in [6, 6.07) is 0.106. The molecule has 3 atom stereocenters. The van der Waals surface area contributed by atoms with Gasteiger partial charge < -0.3 is 15.2 Å². The van der Waals surface area contributed by atoms with Crippen LogP contribution in [0.3, 0.4) is 0 Å². The molecule has 0 bridgehead atoms. The molecule has 0 radical (unpaired) electrons. The van der Waals surface area contributed by atoms with Crippen LogP contribution in [0.4, 0.5) is 0 Å². The van der Waals surface area contributed by atoms with Gasteiger partial charge in [-0.05, 0) is 18.8 Å². The highest BCUT2D eigenvalue weighted by Crippen LogP contribution is 2.22. The highest BCUT2D eigenvalue weighted by Gasteiger charge is 2.32. The van der Waals surface area contributed by atoms with Crippen molar-refractivity contribution in [3.05, 3.63) is 0 Å². The second-order valence-electron chi connectivity index (χ2n) is 4.43. The van der Waals surface area contributed by atoms with Crippen LogP contribution >= 0.6 is 0 Å². The number of hydrogen-bond acceptors (Lipinski definition) is 3. The number of hydrogen-bond donors (Lipinski definition) is 2. The van der Waals surface area contributed by atoms with Crippen molar-refractivity contribution in [1.82, 2.24) is 5.32 Å². The number of methoxy groups -OCH3 is 1. The predicted molar refractivity (Wildman–Crippen MR) is 58.0 cm³/mol. The van der Waals surface area contributed by atoms with Gasteiger partial charge in [-0.3, -0.25) is 9.59 Å². The normalized spacial score (nSPS) is 25.6. The summed E-state index contributed by atoms with van der Waals surface area (Å²) in [4.78, 5) is 22.0. The van der Waals surface area contributed by atoms with Crippen molar-refractivity contribution in [1.29, 1.82) is 0 Å². The van der Waals surface area contributed by atoms with E-state index in [1.165, 1.54) is 0 Å². The lowest BCUT2D eigenvalue weighted by Gasteiger charge is -2.36. The molecule has 2 N–H and O–H groups in total. The third kappa shape index (κ3) is 3.81. The number of nitrogens with one attached hydrogen (secondary N) is 1. The number of ether oxygens (including phenoxy) is 1. The quantitative estimate of drug-likeness (QED) is 0.705. The Hall–Kier alpha value is -1.10. The number of rotatable bonds is 6. The lowest BCUT2D eigenvalue weighted by molar-refractivity contribution is -0.138. The Morgan fingerprint density at radius 3 is 2.56 bits per heavy atom. The largest absolute Gasteiger partial charge is 0.481 e. The van der Waals surface area contributed by atoms with E-state index < -0.39 is 5.97 Å². The number of carboxylic acid groups (broad SMARTS) is 1. The molecule has 0 spiro atoms. The Balaban J connectivity index is 2.22. The molecular formula is C11H19NO4. The second-order valence-corrected chi connectivity index (χ2v) is 4.43. The van der Waals surface area contributed by atoms with E-state index in [0.29, 0.717) is 0 Å². The highest BCUT2D eigenvalue weighted by atomic mass is 16.5. The summed E-state index contributed by atoms with van der Waals surface area (Å²) in [6.07, 6.45) is 2.34. The van der Waals surface area contributed by atoms with Gasteiger partial charge in [-0.1, -0.05) is 6.92 Å². The van der Waals surface area contributed by atoms with E-state index in [1.54, 1.807) is 14.0 Å². The Morgan fingerprint density at radius 2 is 2.12 bits per heavy atom. The Kier molecular flexibility index (Phi) is 4.73. The van der Waals surface area contributed by atoms with Gasteiger partial charge in [0, 0.05) is 20.0 Å². The van der Waals surface area contributed by atoms with Gasteiger partial charge in [-0.15, -0.1) is 0 Å². The summed E-state index contributed by atoms with van der Waals surface area (Å²) in [5, 5.41) is 11.4. The molecule has 0 heterocycles. The van der Waals surface area contributed by atoms with Gasteiger partial charge in [-0.2, -0.15) is 0 Å². The van der Waals surface area contributed by atoms with Crippen molar-refractivity contribution in [3.63, 3.8) is 0 Å². The van der Waals surface area contributed by atoms with Crippen LogP contribution < -0.4 is 5.32 Å². The van der Waals surface area contributed by atoms with Crippen LogP contribution in [0.5, 0.6) is 0 Å². The van der Waals surface area contributed by atoms with Crippen LogP contribution in [0, 0.1) is 5.92 Å². The number of carbonyl (C=O) groups excluding carboxylic acids is 1. The molecule has 1 aliphatic rings. The van der Waals surface area contributed by atoms with E-state index in [9.17, 15) is 9.59 Å².